The second-order valence-corrected chi connectivity index (χ2v) is 3.92. The van der Waals surface area contributed by atoms with Gasteiger partial charge < -0.3 is 5.11 Å². The highest BCUT2D eigenvalue weighted by Gasteiger charge is 1.93. The number of aliphatic hydroxyl groups is 1. The first kappa shape index (κ1) is 9.44. The Morgan fingerprint density at radius 3 is 2.44 bits per heavy atom. The van der Waals surface area contributed by atoms with E-state index in [1.54, 1.807) is 0 Å². The van der Waals surface area contributed by atoms with Crippen molar-refractivity contribution in [2.24, 2.45) is 0 Å². The van der Waals surface area contributed by atoms with E-state index in [2.05, 4.69) is 22.9 Å². The van der Waals surface area contributed by atoms with Gasteiger partial charge in [-0.25, -0.2) is 0 Å². The zero-order chi connectivity index (χ0) is 7.11. The molecule has 0 fully saturated rings. The molecule has 0 saturated heterocycles. The van der Waals surface area contributed by atoms with Crippen LogP contribution in [-0.4, -0.2) is 16.5 Å². The van der Waals surface area contributed by atoms with Crippen molar-refractivity contribution in [1.82, 2.24) is 0 Å². The van der Waals surface area contributed by atoms with Gasteiger partial charge in [0.15, 0.2) is 0 Å². The Labute approximate surface area is 65.6 Å². The first-order chi connectivity index (χ1) is 4.27. The van der Waals surface area contributed by atoms with E-state index in [9.17, 15) is 0 Å². The van der Waals surface area contributed by atoms with Gasteiger partial charge in [-0.3, -0.25) is 0 Å². The molecule has 0 spiro atoms. The molecule has 1 unspecified atom stereocenters. The van der Waals surface area contributed by atoms with Crippen LogP contribution in [-0.2, 0) is 0 Å². The Hall–Kier alpha value is 0.440. The average Bonchev–Trinajstić information content (AvgIpc) is 1.80. The fourth-order valence-corrected chi connectivity index (χ4v) is 1.04. The summed E-state index contributed by atoms with van der Waals surface area (Å²) in [5.41, 5.74) is 0. The van der Waals surface area contributed by atoms with E-state index in [4.69, 9.17) is 5.11 Å². The van der Waals surface area contributed by atoms with Gasteiger partial charge in [0.05, 0.1) is 0 Å². The van der Waals surface area contributed by atoms with Crippen molar-refractivity contribution >= 4 is 15.9 Å². The van der Waals surface area contributed by atoms with Gasteiger partial charge in [-0.15, -0.1) is 0 Å². The molecule has 0 aromatic carbocycles. The summed E-state index contributed by atoms with van der Waals surface area (Å²) in [5, 5.41) is 8.42. The lowest BCUT2D eigenvalue weighted by atomic mass is 10.2. The van der Waals surface area contributed by atoms with Gasteiger partial charge in [-0.1, -0.05) is 35.7 Å². The van der Waals surface area contributed by atoms with Crippen LogP contribution in [0, 0.1) is 0 Å². The normalized spacial score (nSPS) is 13.7. The Bertz CT molecular complexity index is 54.9. The third-order valence-electron chi connectivity index (χ3n) is 1.26. The minimum Gasteiger partial charge on any atom is -0.396 e. The van der Waals surface area contributed by atoms with Crippen molar-refractivity contribution in [2.75, 3.05) is 6.61 Å². The van der Waals surface area contributed by atoms with Crippen LogP contribution in [0.25, 0.3) is 0 Å². The lowest BCUT2D eigenvalue weighted by Gasteiger charge is -2.00. The zero-order valence-electron chi connectivity index (χ0n) is 5.94. The molecule has 0 radical (unpaired) electrons. The number of aliphatic hydroxyl groups excluding tert-OH is 1. The molecule has 0 saturated carbocycles. The highest BCUT2D eigenvalue weighted by atomic mass is 79.9. The van der Waals surface area contributed by atoms with Crippen molar-refractivity contribution in [3.8, 4) is 0 Å². The van der Waals surface area contributed by atoms with Crippen molar-refractivity contribution in [3.63, 3.8) is 0 Å². The summed E-state index contributed by atoms with van der Waals surface area (Å²) in [6.45, 7) is 2.50. The lowest BCUT2D eigenvalue weighted by Crippen LogP contribution is -1.90. The van der Waals surface area contributed by atoms with Crippen molar-refractivity contribution < 1.29 is 5.11 Å². The van der Waals surface area contributed by atoms with Gasteiger partial charge >= 0.3 is 0 Å². The predicted octanol–water partition coefficient (Wildman–Crippen LogP) is 2.32. The number of halogens is 1. The molecule has 2 heteroatoms. The number of hydrogen-bond donors (Lipinski definition) is 1. The average molecular weight is 195 g/mol. The van der Waals surface area contributed by atoms with Crippen LogP contribution in [0.3, 0.4) is 0 Å². The molecule has 0 heterocycles. The van der Waals surface area contributed by atoms with E-state index < -0.39 is 0 Å². The van der Waals surface area contributed by atoms with E-state index in [1.807, 2.05) is 0 Å². The van der Waals surface area contributed by atoms with Gasteiger partial charge in [-0.2, -0.15) is 0 Å². The molecule has 0 amide bonds. The second kappa shape index (κ2) is 6.56. The van der Waals surface area contributed by atoms with E-state index in [0.717, 1.165) is 12.8 Å². The quantitative estimate of drug-likeness (QED) is 0.527. The summed E-state index contributed by atoms with van der Waals surface area (Å²) < 4.78 is 0. The SMILES string of the molecule is CC(Br)CCCCCO. The van der Waals surface area contributed by atoms with Crippen molar-refractivity contribution in [2.45, 2.75) is 37.4 Å². The summed E-state index contributed by atoms with van der Waals surface area (Å²) in [6.07, 6.45) is 4.57. The topological polar surface area (TPSA) is 20.2 Å². The molecule has 0 aromatic rings. The molecule has 9 heavy (non-hydrogen) atoms. The maximum Gasteiger partial charge on any atom is 0.0431 e. The molecular weight excluding hydrogens is 180 g/mol. The van der Waals surface area contributed by atoms with Crippen LogP contribution in [0.15, 0.2) is 0 Å². The first-order valence-corrected chi connectivity index (χ1v) is 4.44. The van der Waals surface area contributed by atoms with Crippen LogP contribution in [0.5, 0.6) is 0 Å². The largest absolute Gasteiger partial charge is 0.396 e. The summed E-state index contributed by atoms with van der Waals surface area (Å²) >= 11 is 3.46. The molecule has 0 aliphatic heterocycles. The van der Waals surface area contributed by atoms with Gasteiger partial charge in [0, 0.05) is 11.4 Å². The number of unbranched alkanes of at least 4 members (excludes halogenated alkanes) is 2. The smallest absolute Gasteiger partial charge is 0.0431 e. The van der Waals surface area contributed by atoms with E-state index in [1.165, 1.54) is 12.8 Å². The molecule has 0 bridgehead atoms. The van der Waals surface area contributed by atoms with Gasteiger partial charge in [0.2, 0.25) is 0 Å². The number of hydrogen-bond acceptors (Lipinski definition) is 1. The third kappa shape index (κ3) is 8.44. The summed E-state index contributed by atoms with van der Waals surface area (Å²) in [7, 11) is 0. The first-order valence-electron chi connectivity index (χ1n) is 3.52. The highest BCUT2D eigenvalue weighted by Crippen LogP contribution is 2.09. The van der Waals surface area contributed by atoms with E-state index in [0.29, 0.717) is 11.4 Å². The minimum atomic E-state index is 0.344. The van der Waals surface area contributed by atoms with E-state index in [-0.39, 0.29) is 0 Å². The standard InChI is InChI=1S/C7H15BrO/c1-7(8)5-3-2-4-6-9/h7,9H,2-6H2,1H3. The van der Waals surface area contributed by atoms with Crippen molar-refractivity contribution in [3.05, 3.63) is 0 Å². The molecule has 0 aliphatic carbocycles. The van der Waals surface area contributed by atoms with Crippen LogP contribution < -0.4 is 0 Å². The fourth-order valence-electron chi connectivity index (χ4n) is 0.714. The number of alkyl halides is 1. The molecule has 0 aromatic heterocycles. The summed E-state index contributed by atoms with van der Waals surface area (Å²) in [6, 6.07) is 0. The van der Waals surface area contributed by atoms with Crippen LogP contribution in [0.2, 0.25) is 0 Å². The minimum absolute atomic E-state index is 0.344. The predicted molar refractivity (Wildman–Crippen MR) is 43.9 cm³/mol. The lowest BCUT2D eigenvalue weighted by molar-refractivity contribution is 0.282. The van der Waals surface area contributed by atoms with Crippen LogP contribution in [0.1, 0.15) is 32.6 Å². The maximum atomic E-state index is 8.42. The molecule has 1 N–H and O–H groups in total. The Morgan fingerprint density at radius 2 is 2.00 bits per heavy atom. The maximum absolute atomic E-state index is 8.42. The molecule has 1 atom stereocenters. The van der Waals surface area contributed by atoms with Crippen molar-refractivity contribution in [1.29, 1.82) is 0 Å². The Morgan fingerprint density at radius 1 is 1.33 bits per heavy atom. The summed E-state index contributed by atoms with van der Waals surface area (Å²) in [5.74, 6) is 0. The van der Waals surface area contributed by atoms with Crippen LogP contribution in [0.4, 0.5) is 0 Å². The molecular formula is C7H15BrO. The molecule has 0 rings (SSSR count). The second-order valence-electron chi connectivity index (χ2n) is 2.35. The Balaban J connectivity index is 2.75. The molecule has 0 aliphatic rings. The van der Waals surface area contributed by atoms with E-state index >= 15 is 0 Å². The fraction of sp³-hybridized carbons (Fsp3) is 1.00. The van der Waals surface area contributed by atoms with Crippen LogP contribution >= 0.6 is 15.9 Å². The zero-order valence-corrected chi connectivity index (χ0v) is 7.52. The number of rotatable bonds is 5. The molecule has 56 valence electrons. The molecule has 1 nitrogen and oxygen atoms in total. The highest BCUT2D eigenvalue weighted by molar-refractivity contribution is 9.09. The van der Waals surface area contributed by atoms with Gasteiger partial charge in [0.25, 0.3) is 0 Å². The third-order valence-corrected chi connectivity index (χ3v) is 1.72. The monoisotopic (exact) mass is 194 g/mol. The summed E-state index contributed by atoms with van der Waals surface area (Å²) in [4.78, 5) is 0.635. The Kier molecular flexibility index (Phi) is 6.88. The van der Waals surface area contributed by atoms with Gasteiger partial charge in [-0.05, 0) is 12.8 Å². The van der Waals surface area contributed by atoms with Gasteiger partial charge in [0.1, 0.15) is 0 Å².